The molecule has 2 heterocycles. The molecule has 2 aliphatic rings. The van der Waals surface area contributed by atoms with Crippen molar-refractivity contribution in [3.63, 3.8) is 0 Å². The summed E-state index contributed by atoms with van der Waals surface area (Å²) in [5.74, 6) is 0. The van der Waals surface area contributed by atoms with Crippen LogP contribution in [0.1, 0.15) is 38.5 Å². The highest BCUT2D eigenvalue weighted by Crippen LogP contribution is 2.18. The van der Waals surface area contributed by atoms with Gasteiger partial charge < -0.3 is 10.2 Å². The van der Waals surface area contributed by atoms with Crippen LogP contribution in [0, 0.1) is 6.92 Å². The zero-order chi connectivity index (χ0) is 9.80. The molecule has 2 aliphatic heterocycles. The predicted molar refractivity (Wildman–Crippen MR) is 60.2 cm³/mol. The number of nitrogens with one attached hydrogen (secondary N) is 1. The molecule has 0 amide bonds. The first-order chi connectivity index (χ1) is 6.86. The highest BCUT2D eigenvalue weighted by molar-refractivity contribution is 4.84. The molecule has 0 aliphatic carbocycles. The Hall–Kier alpha value is -0.0800. The Kier molecular flexibility index (Phi) is 3.82. The summed E-state index contributed by atoms with van der Waals surface area (Å²) in [7, 11) is 0. The highest BCUT2D eigenvalue weighted by atomic mass is 15.2. The molecular formula is C12H23N2. The largest absolute Gasteiger partial charge is 0.314 e. The third-order valence-electron chi connectivity index (χ3n) is 3.63. The van der Waals surface area contributed by atoms with Crippen LogP contribution in [0.5, 0.6) is 0 Å². The molecule has 2 heteroatoms. The molecule has 0 aromatic heterocycles. The molecule has 0 saturated carbocycles. The summed E-state index contributed by atoms with van der Waals surface area (Å²) < 4.78 is 0. The Morgan fingerprint density at radius 1 is 1.21 bits per heavy atom. The third kappa shape index (κ3) is 2.71. The molecular weight excluding hydrogens is 172 g/mol. The number of hydrogen-bond donors (Lipinski definition) is 1. The van der Waals surface area contributed by atoms with Gasteiger partial charge in [-0.15, -0.1) is 0 Å². The minimum absolute atomic E-state index is 0.547. The Morgan fingerprint density at radius 3 is 2.64 bits per heavy atom. The number of piperidine rings is 1. The van der Waals surface area contributed by atoms with Gasteiger partial charge >= 0.3 is 0 Å². The second-order valence-corrected chi connectivity index (χ2v) is 4.78. The van der Waals surface area contributed by atoms with Crippen molar-refractivity contribution in [2.75, 3.05) is 19.6 Å². The van der Waals surface area contributed by atoms with Crippen LogP contribution >= 0.6 is 0 Å². The van der Waals surface area contributed by atoms with Crippen LogP contribution < -0.4 is 5.32 Å². The average molecular weight is 195 g/mol. The molecule has 2 rings (SSSR count). The lowest BCUT2D eigenvalue weighted by atomic mass is 10.0. The Bertz CT molecular complexity index is 158. The number of hydrogen-bond acceptors (Lipinski definition) is 2. The van der Waals surface area contributed by atoms with Gasteiger partial charge in [-0.2, -0.15) is 0 Å². The van der Waals surface area contributed by atoms with E-state index in [1.54, 1.807) is 0 Å². The summed E-state index contributed by atoms with van der Waals surface area (Å²) in [6.45, 7) is 8.09. The van der Waals surface area contributed by atoms with E-state index in [1.807, 2.05) is 0 Å². The van der Waals surface area contributed by atoms with Crippen LogP contribution in [0.15, 0.2) is 0 Å². The molecule has 0 spiro atoms. The molecule has 0 aromatic carbocycles. The van der Waals surface area contributed by atoms with Crippen molar-refractivity contribution in [2.24, 2.45) is 0 Å². The Morgan fingerprint density at radius 2 is 2.00 bits per heavy atom. The maximum absolute atomic E-state index is 4.31. The summed E-state index contributed by atoms with van der Waals surface area (Å²) in [6, 6.07) is 1.30. The van der Waals surface area contributed by atoms with Crippen LogP contribution in [-0.2, 0) is 0 Å². The minimum atomic E-state index is 0.547. The zero-order valence-corrected chi connectivity index (χ0v) is 9.17. The van der Waals surface area contributed by atoms with Crippen LogP contribution in [0.2, 0.25) is 0 Å². The first-order valence-corrected chi connectivity index (χ1v) is 6.17. The first-order valence-electron chi connectivity index (χ1n) is 6.17. The van der Waals surface area contributed by atoms with Crippen molar-refractivity contribution in [3.8, 4) is 0 Å². The average Bonchev–Trinajstić information content (AvgIpc) is 2.72. The van der Waals surface area contributed by atoms with Gasteiger partial charge in [-0.1, -0.05) is 6.42 Å². The second kappa shape index (κ2) is 5.13. The fourth-order valence-corrected chi connectivity index (χ4v) is 2.72. The molecule has 2 atom stereocenters. The summed E-state index contributed by atoms with van der Waals surface area (Å²) in [5.41, 5.74) is 0. The summed E-state index contributed by atoms with van der Waals surface area (Å²) in [4.78, 5) is 2.57. The van der Waals surface area contributed by atoms with E-state index in [0.29, 0.717) is 6.04 Å². The quantitative estimate of drug-likeness (QED) is 0.739. The monoisotopic (exact) mass is 195 g/mol. The molecule has 1 radical (unpaired) electrons. The first kappa shape index (κ1) is 10.4. The van der Waals surface area contributed by atoms with Crippen molar-refractivity contribution in [1.82, 2.24) is 10.2 Å². The van der Waals surface area contributed by atoms with Gasteiger partial charge in [-0.25, -0.2) is 0 Å². The Labute approximate surface area is 88.1 Å². The second-order valence-electron chi connectivity index (χ2n) is 4.78. The van der Waals surface area contributed by atoms with Crippen molar-refractivity contribution < 1.29 is 0 Å². The van der Waals surface area contributed by atoms with Crippen molar-refractivity contribution in [1.29, 1.82) is 0 Å². The van der Waals surface area contributed by atoms with Gasteiger partial charge in [0.1, 0.15) is 0 Å². The summed E-state index contributed by atoms with van der Waals surface area (Å²) >= 11 is 0. The normalized spacial score (nSPS) is 31.9. The highest BCUT2D eigenvalue weighted by Gasteiger charge is 2.22. The minimum Gasteiger partial charge on any atom is -0.314 e. The van der Waals surface area contributed by atoms with E-state index in [4.69, 9.17) is 0 Å². The Balaban J connectivity index is 1.72. The van der Waals surface area contributed by atoms with Crippen molar-refractivity contribution in [2.45, 2.75) is 50.6 Å². The van der Waals surface area contributed by atoms with Gasteiger partial charge in [-0.3, -0.25) is 0 Å². The van der Waals surface area contributed by atoms with Crippen LogP contribution in [-0.4, -0.2) is 36.6 Å². The maximum Gasteiger partial charge on any atom is 0.0111 e. The molecule has 81 valence electrons. The lowest BCUT2D eigenvalue weighted by molar-refractivity contribution is 0.174. The molecule has 2 nitrogen and oxygen atoms in total. The van der Waals surface area contributed by atoms with E-state index in [9.17, 15) is 0 Å². The van der Waals surface area contributed by atoms with Gasteiger partial charge in [0.05, 0.1) is 0 Å². The van der Waals surface area contributed by atoms with Gasteiger partial charge in [0.15, 0.2) is 0 Å². The zero-order valence-electron chi connectivity index (χ0n) is 9.17. The lowest BCUT2D eigenvalue weighted by Gasteiger charge is -2.33. The SMILES string of the molecule is [CH2]C(CC1CCCN1)N1CCCCC1. The smallest absolute Gasteiger partial charge is 0.0111 e. The molecule has 2 saturated heterocycles. The number of likely N-dealkylation sites (tertiary alicyclic amines) is 1. The van der Waals surface area contributed by atoms with E-state index >= 15 is 0 Å². The van der Waals surface area contributed by atoms with E-state index in [0.717, 1.165) is 6.04 Å². The van der Waals surface area contributed by atoms with Crippen LogP contribution in [0.4, 0.5) is 0 Å². The van der Waals surface area contributed by atoms with Crippen LogP contribution in [0.3, 0.4) is 0 Å². The molecule has 14 heavy (non-hydrogen) atoms. The summed E-state index contributed by atoms with van der Waals surface area (Å²) in [6.07, 6.45) is 8.15. The van der Waals surface area contributed by atoms with Gasteiger partial charge in [0.2, 0.25) is 0 Å². The van der Waals surface area contributed by atoms with E-state index < -0.39 is 0 Å². The van der Waals surface area contributed by atoms with E-state index in [1.165, 1.54) is 58.2 Å². The van der Waals surface area contributed by atoms with Crippen LogP contribution in [0.25, 0.3) is 0 Å². The number of rotatable bonds is 3. The molecule has 0 aromatic rings. The third-order valence-corrected chi connectivity index (χ3v) is 3.63. The van der Waals surface area contributed by atoms with Crippen molar-refractivity contribution >= 4 is 0 Å². The van der Waals surface area contributed by atoms with E-state index in [-0.39, 0.29) is 0 Å². The van der Waals surface area contributed by atoms with Gasteiger partial charge in [-0.05, 0) is 58.7 Å². The van der Waals surface area contributed by atoms with Gasteiger partial charge in [0.25, 0.3) is 0 Å². The fourth-order valence-electron chi connectivity index (χ4n) is 2.72. The van der Waals surface area contributed by atoms with Gasteiger partial charge in [0, 0.05) is 12.1 Å². The number of nitrogens with zero attached hydrogens (tertiary/aromatic N) is 1. The fraction of sp³-hybridized carbons (Fsp3) is 0.917. The predicted octanol–water partition coefficient (Wildman–Crippen LogP) is 1.82. The van der Waals surface area contributed by atoms with E-state index in [2.05, 4.69) is 17.1 Å². The lowest BCUT2D eigenvalue weighted by Crippen LogP contribution is -2.40. The topological polar surface area (TPSA) is 15.3 Å². The molecule has 1 N–H and O–H groups in total. The molecule has 2 unspecified atom stereocenters. The standard InChI is InChI=1S/C12H23N2/c1-11(10-12-6-5-7-13-12)14-8-3-2-4-9-14/h11-13H,1-10H2. The molecule has 2 fully saturated rings. The summed E-state index contributed by atoms with van der Waals surface area (Å²) in [5, 5.41) is 3.56. The van der Waals surface area contributed by atoms with Crippen molar-refractivity contribution in [3.05, 3.63) is 6.92 Å². The maximum atomic E-state index is 4.31. The molecule has 0 bridgehead atoms.